The predicted molar refractivity (Wildman–Crippen MR) is 164 cm³/mol. The number of hydrogen-bond acceptors (Lipinski definition) is 6. The van der Waals surface area contributed by atoms with Gasteiger partial charge in [0.05, 0.1) is 23.0 Å². The highest BCUT2D eigenvalue weighted by molar-refractivity contribution is 7.89. The van der Waals surface area contributed by atoms with Crippen molar-refractivity contribution in [3.05, 3.63) is 94.8 Å². The molecule has 2 heterocycles. The number of carbonyl (C=O) groups is 4. The van der Waals surface area contributed by atoms with E-state index in [2.05, 4.69) is 21.3 Å². The first kappa shape index (κ1) is 31.8. The molecule has 3 aromatic carbocycles. The maximum absolute atomic E-state index is 14.6. The number of rotatable bonds is 3. The molecule has 5 rings (SSSR count). The number of aryl methyl sites for hydroxylation is 2. The lowest BCUT2D eigenvalue weighted by molar-refractivity contribution is -0.123. The third kappa shape index (κ3) is 7.55. The molecular formula is C32H34FN5O6S. The number of halogens is 1. The van der Waals surface area contributed by atoms with Crippen LogP contribution in [0.3, 0.4) is 0 Å². The van der Waals surface area contributed by atoms with Gasteiger partial charge in [0, 0.05) is 25.2 Å². The highest BCUT2D eigenvalue weighted by Gasteiger charge is 2.32. The third-order valence-corrected chi connectivity index (χ3v) is 9.62. The molecule has 3 aromatic rings. The normalized spacial score (nSPS) is 20.6. The fourth-order valence-electron chi connectivity index (χ4n) is 5.32. The lowest BCUT2D eigenvalue weighted by Gasteiger charge is -2.29. The number of hydrogen-bond donors (Lipinski definition) is 4. The van der Waals surface area contributed by atoms with E-state index in [0.29, 0.717) is 41.6 Å². The second-order valence-corrected chi connectivity index (χ2v) is 13.0. The number of fused-ring (bicyclic) bond motifs is 3. The largest absolute Gasteiger partial charge is 0.355 e. The van der Waals surface area contributed by atoms with E-state index in [1.807, 2.05) is 0 Å². The van der Waals surface area contributed by atoms with Crippen molar-refractivity contribution in [2.75, 3.05) is 25.0 Å². The Morgan fingerprint density at radius 2 is 1.64 bits per heavy atom. The highest BCUT2D eigenvalue weighted by Crippen LogP contribution is 2.28. The Morgan fingerprint density at radius 3 is 2.42 bits per heavy atom. The molecule has 0 aliphatic carbocycles. The SMILES string of the molecule is C[C@H]1NC(=O)c2cc(ccc2F)CCCNC(=O)CN(S(=O)(=O)c2ccc3c(c2)CCC(=O)N3)C[C@H](c2ccccc2)NC1=O. The van der Waals surface area contributed by atoms with Crippen molar-refractivity contribution in [2.45, 2.75) is 49.6 Å². The lowest BCUT2D eigenvalue weighted by atomic mass is 10.0. The molecule has 2 aliphatic heterocycles. The molecule has 2 aliphatic rings. The summed E-state index contributed by atoms with van der Waals surface area (Å²) < 4.78 is 43.8. The zero-order valence-corrected chi connectivity index (χ0v) is 25.5. The Balaban J connectivity index is 1.50. The molecule has 0 aromatic heterocycles. The van der Waals surface area contributed by atoms with Gasteiger partial charge in [0.1, 0.15) is 11.9 Å². The van der Waals surface area contributed by atoms with E-state index in [-0.39, 0.29) is 35.9 Å². The van der Waals surface area contributed by atoms with Gasteiger partial charge in [0.25, 0.3) is 5.91 Å². The number of carbonyl (C=O) groups excluding carboxylic acids is 4. The average molecular weight is 636 g/mol. The van der Waals surface area contributed by atoms with E-state index in [1.54, 1.807) is 36.4 Å². The summed E-state index contributed by atoms with van der Waals surface area (Å²) in [6, 6.07) is 15.2. The molecule has 4 amide bonds. The van der Waals surface area contributed by atoms with E-state index in [9.17, 15) is 32.0 Å². The zero-order chi connectivity index (χ0) is 32.1. The van der Waals surface area contributed by atoms with E-state index in [4.69, 9.17) is 0 Å². The van der Waals surface area contributed by atoms with E-state index < -0.39 is 52.2 Å². The Bertz CT molecular complexity index is 1730. The summed E-state index contributed by atoms with van der Waals surface area (Å²) in [6.45, 7) is 0.816. The van der Waals surface area contributed by atoms with Gasteiger partial charge in [-0.15, -0.1) is 0 Å². The molecule has 4 N–H and O–H groups in total. The summed E-state index contributed by atoms with van der Waals surface area (Å²) in [7, 11) is -4.29. The number of nitrogens with one attached hydrogen (secondary N) is 4. The molecule has 11 nitrogen and oxygen atoms in total. The molecule has 2 atom stereocenters. The van der Waals surface area contributed by atoms with Crippen LogP contribution in [0.4, 0.5) is 10.1 Å². The fourth-order valence-corrected chi connectivity index (χ4v) is 6.78. The molecule has 0 saturated heterocycles. The fraction of sp³-hybridized carbons (Fsp3) is 0.312. The molecule has 13 heteroatoms. The van der Waals surface area contributed by atoms with Crippen LogP contribution in [0, 0.1) is 5.82 Å². The first-order valence-corrected chi connectivity index (χ1v) is 16.1. The molecule has 0 unspecified atom stereocenters. The van der Waals surface area contributed by atoms with Gasteiger partial charge >= 0.3 is 0 Å². The zero-order valence-electron chi connectivity index (χ0n) is 24.6. The molecular weight excluding hydrogens is 601 g/mol. The van der Waals surface area contributed by atoms with Crippen LogP contribution in [0.1, 0.15) is 52.9 Å². The lowest BCUT2D eigenvalue weighted by Crippen LogP contribution is -2.49. The van der Waals surface area contributed by atoms with Gasteiger partial charge in [-0.05, 0) is 73.2 Å². The van der Waals surface area contributed by atoms with Crippen molar-refractivity contribution in [1.82, 2.24) is 20.3 Å². The first-order chi connectivity index (χ1) is 21.5. The summed E-state index contributed by atoms with van der Waals surface area (Å²) in [5.74, 6) is -2.83. The Morgan fingerprint density at radius 1 is 0.867 bits per heavy atom. The smallest absolute Gasteiger partial charge is 0.254 e. The average Bonchev–Trinajstić information content (AvgIpc) is 3.02. The monoisotopic (exact) mass is 635 g/mol. The number of benzene rings is 3. The molecule has 236 valence electrons. The minimum absolute atomic E-state index is 0.0591. The maximum Gasteiger partial charge on any atom is 0.254 e. The standard InChI is InChI=1S/C32H34FN5O6S/c1-20-31(41)37-28(22-7-3-2-4-8-22)18-38(45(43,44)24-11-13-27-23(17-24)10-14-29(39)36-27)19-30(40)34-15-5-6-21-9-12-26(33)25(16-21)32(42)35-20/h2-4,7-9,11-13,16-17,20,28H,5-6,10,14-15,18-19H2,1H3,(H,34,40)(H,35,42)(H,36,39)(H,37,41)/t20-,28-/m1/s1. The van der Waals surface area contributed by atoms with Crippen LogP contribution < -0.4 is 21.3 Å². The van der Waals surface area contributed by atoms with E-state index in [0.717, 1.165) is 4.31 Å². The summed E-state index contributed by atoms with van der Waals surface area (Å²) >= 11 is 0. The molecule has 0 fully saturated rings. The van der Waals surface area contributed by atoms with Crippen molar-refractivity contribution in [3.63, 3.8) is 0 Å². The van der Waals surface area contributed by atoms with Crippen LogP contribution in [0.15, 0.2) is 71.6 Å². The van der Waals surface area contributed by atoms with Gasteiger partial charge in [-0.1, -0.05) is 36.4 Å². The van der Waals surface area contributed by atoms with Crippen molar-refractivity contribution in [3.8, 4) is 0 Å². The molecule has 2 bridgehead atoms. The van der Waals surface area contributed by atoms with Crippen LogP contribution in [0.25, 0.3) is 0 Å². The minimum Gasteiger partial charge on any atom is -0.355 e. The summed E-state index contributed by atoms with van der Waals surface area (Å²) in [6.07, 6.45) is 1.45. The molecule has 0 radical (unpaired) electrons. The van der Waals surface area contributed by atoms with Crippen LogP contribution >= 0.6 is 0 Å². The quantitative estimate of drug-likeness (QED) is 0.347. The predicted octanol–water partition coefficient (Wildman–Crippen LogP) is 2.44. The van der Waals surface area contributed by atoms with Crippen LogP contribution in [0.5, 0.6) is 0 Å². The number of anilines is 1. The Labute approximate surface area is 260 Å². The van der Waals surface area contributed by atoms with Crippen LogP contribution in [-0.2, 0) is 37.2 Å². The van der Waals surface area contributed by atoms with Crippen molar-refractivity contribution in [1.29, 1.82) is 0 Å². The van der Waals surface area contributed by atoms with Crippen LogP contribution in [-0.4, -0.2) is 62.0 Å². The Kier molecular flexibility index (Phi) is 9.59. The van der Waals surface area contributed by atoms with Crippen molar-refractivity contribution >= 4 is 39.3 Å². The summed E-state index contributed by atoms with van der Waals surface area (Å²) in [5.41, 5.74) is 2.21. The van der Waals surface area contributed by atoms with Gasteiger partial charge in [-0.25, -0.2) is 12.8 Å². The third-order valence-electron chi connectivity index (χ3n) is 7.82. The highest BCUT2D eigenvalue weighted by atomic mass is 32.2. The van der Waals surface area contributed by atoms with Gasteiger partial charge in [0.15, 0.2) is 0 Å². The number of nitrogens with zero attached hydrogens (tertiary/aromatic N) is 1. The van der Waals surface area contributed by atoms with Gasteiger partial charge in [-0.2, -0.15) is 4.31 Å². The number of sulfonamides is 1. The van der Waals surface area contributed by atoms with Gasteiger partial charge < -0.3 is 21.3 Å². The molecule has 0 saturated carbocycles. The maximum atomic E-state index is 14.6. The second-order valence-electron chi connectivity index (χ2n) is 11.1. The molecule has 45 heavy (non-hydrogen) atoms. The summed E-state index contributed by atoms with van der Waals surface area (Å²) in [4.78, 5) is 51.3. The first-order valence-electron chi connectivity index (χ1n) is 14.7. The van der Waals surface area contributed by atoms with Crippen molar-refractivity contribution in [2.24, 2.45) is 0 Å². The van der Waals surface area contributed by atoms with E-state index >= 15 is 0 Å². The molecule has 0 spiro atoms. The summed E-state index contributed by atoms with van der Waals surface area (Å²) in [5, 5.41) is 10.8. The minimum atomic E-state index is -4.29. The van der Waals surface area contributed by atoms with Crippen molar-refractivity contribution < 1.29 is 32.0 Å². The second kappa shape index (κ2) is 13.6. The van der Waals surface area contributed by atoms with E-state index in [1.165, 1.54) is 37.3 Å². The van der Waals surface area contributed by atoms with Crippen LogP contribution in [0.2, 0.25) is 0 Å². The topological polar surface area (TPSA) is 154 Å². The van der Waals surface area contributed by atoms with Gasteiger partial charge in [0.2, 0.25) is 27.7 Å². The van der Waals surface area contributed by atoms with Gasteiger partial charge in [-0.3, -0.25) is 19.2 Å². The number of amides is 4. The Hall–Kier alpha value is -4.62.